The van der Waals surface area contributed by atoms with E-state index in [1.54, 1.807) is 16.8 Å². The van der Waals surface area contributed by atoms with Gasteiger partial charge in [0.25, 0.3) is 5.91 Å². The molecule has 0 spiro atoms. The van der Waals surface area contributed by atoms with E-state index in [2.05, 4.69) is 15.4 Å². The van der Waals surface area contributed by atoms with Crippen molar-refractivity contribution >= 4 is 5.91 Å². The average Bonchev–Trinajstić information content (AvgIpc) is 3.41. The smallest absolute Gasteiger partial charge is 0.293 e. The van der Waals surface area contributed by atoms with Crippen LogP contribution >= 0.6 is 0 Å². The molecule has 6 nitrogen and oxygen atoms in total. The van der Waals surface area contributed by atoms with Gasteiger partial charge in [-0.05, 0) is 56.3 Å². The van der Waals surface area contributed by atoms with Gasteiger partial charge in [-0.15, -0.1) is 5.10 Å². The molecule has 1 aromatic carbocycles. The van der Waals surface area contributed by atoms with Crippen LogP contribution in [0, 0.1) is 11.7 Å². The summed E-state index contributed by atoms with van der Waals surface area (Å²) in [6.07, 6.45) is 4.62. The Morgan fingerprint density at radius 2 is 2.00 bits per heavy atom. The van der Waals surface area contributed by atoms with Crippen LogP contribution in [0.15, 0.2) is 24.3 Å². The zero-order chi connectivity index (χ0) is 19.7. The first-order valence-electron chi connectivity index (χ1n) is 10.3. The highest BCUT2D eigenvalue weighted by atomic mass is 19.1. The van der Waals surface area contributed by atoms with Crippen LogP contribution in [-0.4, -0.2) is 51.2 Å². The fourth-order valence-electron chi connectivity index (χ4n) is 3.67. The second kappa shape index (κ2) is 7.99. The molecule has 1 N–H and O–H groups in total. The maximum absolute atomic E-state index is 13.7. The summed E-state index contributed by atoms with van der Waals surface area (Å²) in [7, 11) is 0. The molecule has 1 saturated carbocycles. The number of nitrogens with zero attached hydrogens (tertiary/aromatic N) is 4. The van der Waals surface area contributed by atoms with Crippen LogP contribution in [-0.2, 0) is 0 Å². The molecule has 0 atom stereocenters. The molecule has 0 unspecified atom stereocenters. The summed E-state index contributed by atoms with van der Waals surface area (Å²) in [4.78, 5) is 19.3. The summed E-state index contributed by atoms with van der Waals surface area (Å²) in [5, 5.41) is 8.07. The second-order valence-electron chi connectivity index (χ2n) is 8.26. The van der Waals surface area contributed by atoms with Gasteiger partial charge in [0.1, 0.15) is 11.6 Å². The molecule has 0 bridgehead atoms. The van der Waals surface area contributed by atoms with Gasteiger partial charge in [-0.2, -0.15) is 0 Å². The second-order valence-corrected chi connectivity index (χ2v) is 8.26. The number of hydrogen-bond donors (Lipinski definition) is 1. The number of likely N-dealkylation sites (tertiary alicyclic amines) is 1. The van der Waals surface area contributed by atoms with E-state index in [0.717, 1.165) is 25.3 Å². The highest BCUT2D eigenvalue weighted by Crippen LogP contribution is 2.28. The van der Waals surface area contributed by atoms with E-state index in [4.69, 9.17) is 0 Å². The molecular formula is C21H28FN5O. The van der Waals surface area contributed by atoms with Crippen molar-refractivity contribution in [3.63, 3.8) is 0 Å². The van der Waals surface area contributed by atoms with Crippen molar-refractivity contribution in [1.82, 2.24) is 25.0 Å². The van der Waals surface area contributed by atoms with Crippen molar-refractivity contribution in [3.8, 4) is 5.69 Å². The molecule has 1 aromatic heterocycles. The zero-order valence-corrected chi connectivity index (χ0v) is 16.6. The fourth-order valence-corrected chi connectivity index (χ4v) is 3.67. The standard InChI is InChI=1S/C21H28FN5O/c1-14(2)20-24-19(25-27(20)18-5-3-4-16(22)12-18)21(28)26-10-8-17(9-11-26)23-13-15-6-7-15/h3-5,12,14-15,17,23H,6-11,13H2,1-2H3. The van der Waals surface area contributed by atoms with Gasteiger partial charge in [0.15, 0.2) is 0 Å². The predicted octanol–water partition coefficient (Wildman–Crippen LogP) is 3.13. The molecule has 7 heteroatoms. The highest BCUT2D eigenvalue weighted by Gasteiger charge is 2.29. The Balaban J connectivity index is 1.46. The van der Waals surface area contributed by atoms with Crippen molar-refractivity contribution in [2.75, 3.05) is 19.6 Å². The van der Waals surface area contributed by atoms with Gasteiger partial charge in [-0.3, -0.25) is 4.79 Å². The average molecular weight is 385 g/mol. The van der Waals surface area contributed by atoms with E-state index in [1.807, 2.05) is 18.7 Å². The van der Waals surface area contributed by atoms with Crippen LogP contribution < -0.4 is 5.32 Å². The number of nitrogens with one attached hydrogen (secondary N) is 1. The first kappa shape index (κ1) is 19.1. The van der Waals surface area contributed by atoms with E-state index in [-0.39, 0.29) is 23.5 Å². The van der Waals surface area contributed by atoms with Crippen molar-refractivity contribution in [2.24, 2.45) is 5.92 Å². The Labute approximate surface area is 165 Å². The van der Waals surface area contributed by atoms with Crippen LogP contribution in [0.3, 0.4) is 0 Å². The van der Waals surface area contributed by atoms with E-state index in [9.17, 15) is 9.18 Å². The van der Waals surface area contributed by atoms with Crippen molar-refractivity contribution in [2.45, 2.75) is 51.5 Å². The number of piperidine rings is 1. The molecule has 4 rings (SSSR count). The Bertz CT molecular complexity index is 837. The predicted molar refractivity (Wildman–Crippen MR) is 105 cm³/mol. The lowest BCUT2D eigenvalue weighted by Crippen LogP contribution is -2.45. The minimum absolute atomic E-state index is 0.0645. The lowest BCUT2D eigenvalue weighted by molar-refractivity contribution is 0.0692. The van der Waals surface area contributed by atoms with Crippen molar-refractivity contribution < 1.29 is 9.18 Å². The van der Waals surface area contributed by atoms with Gasteiger partial charge in [-0.1, -0.05) is 19.9 Å². The molecule has 1 saturated heterocycles. The molecule has 28 heavy (non-hydrogen) atoms. The third kappa shape index (κ3) is 4.24. The first-order chi connectivity index (χ1) is 13.5. The van der Waals surface area contributed by atoms with Crippen molar-refractivity contribution in [3.05, 3.63) is 41.7 Å². The lowest BCUT2D eigenvalue weighted by atomic mass is 10.0. The number of rotatable bonds is 6. The summed E-state index contributed by atoms with van der Waals surface area (Å²) < 4.78 is 15.2. The molecule has 150 valence electrons. The number of amides is 1. The van der Waals surface area contributed by atoms with Crippen LogP contribution in [0.2, 0.25) is 0 Å². The Kier molecular flexibility index (Phi) is 5.44. The van der Waals surface area contributed by atoms with Gasteiger partial charge in [-0.25, -0.2) is 14.1 Å². The number of carbonyl (C=O) groups excluding carboxylic acids is 1. The van der Waals surface area contributed by atoms with Gasteiger partial charge in [0, 0.05) is 25.0 Å². The highest BCUT2D eigenvalue weighted by molar-refractivity contribution is 5.90. The molecule has 0 radical (unpaired) electrons. The minimum Gasteiger partial charge on any atom is -0.336 e. The number of carbonyl (C=O) groups is 1. The van der Waals surface area contributed by atoms with Crippen LogP contribution in [0.5, 0.6) is 0 Å². The number of halogens is 1. The summed E-state index contributed by atoms with van der Waals surface area (Å²) in [5.74, 6) is 1.31. The van der Waals surface area contributed by atoms with Gasteiger partial charge in [0.2, 0.25) is 5.82 Å². The topological polar surface area (TPSA) is 63.1 Å². The monoisotopic (exact) mass is 385 g/mol. The molecule has 2 heterocycles. The SMILES string of the molecule is CC(C)c1nc(C(=O)N2CCC(NCC3CC3)CC2)nn1-c1cccc(F)c1. The molecule has 1 amide bonds. The number of hydrogen-bond acceptors (Lipinski definition) is 4. The molecule has 2 fully saturated rings. The molecule has 2 aliphatic rings. The lowest BCUT2D eigenvalue weighted by Gasteiger charge is -2.31. The normalized spacial score (nSPS) is 18.1. The van der Waals surface area contributed by atoms with Crippen LogP contribution in [0.1, 0.15) is 61.9 Å². The van der Waals surface area contributed by atoms with Crippen LogP contribution in [0.25, 0.3) is 5.69 Å². The summed E-state index contributed by atoms with van der Waals surface area (Å²) >= 11 is 0. The van der Waals surface area contributed by atoms with Crippen LogP contribution in [0.4, 0.5) is 4.39 Å². The van der Waals surface area contributed by atoms with Gasteiger partial charge < -0.3 is 10.2 Å². The van der Waals surface area contributed by atoms with Crippen molar-refractivity contribution in [1.29, 1.82) is 0 Å². The molecule has 1 aliphatic heterocycles. The third-order valence-electron chi connectivity index (χ3n) is 5.57. The number of benzene rings is 1. The van der Waals surface area contributed by atoms with E-state index < -0.39 is 0 Å². The quantitative estimate of drug-likeness (QED) is 0.830. The van der Waals surface area contributed by atoms with E-state index in [0.29, 0.717) is 30.6 Å². The Hall–Kier alpha value is -2.28. The first-order valence-corrected chi connectivity index (χ1v) is 10.3. The van der Waals surface area contributed by atoms with E-state index >= 15 is 0 Å². The summed E-state index contributed by atoms with van der Waals surface area (Å²) in [6, 6.07) is 6.70. The maximum Gasteiger partial charge on any atom is 0.293 e. The van der Waals surface area contributed by atoms with Gasteiger partial charge in [0.05, 0.1) is 5.69 Å². The van der Waals surface area contributed by atoms with E-state index in [1.165, 1.54) is 25.0 Å². The summed E-state index contributed by atoms with van der Waals surface area (Å²) in [5.41, 5.74) is 0.582. The number of aromatic nitrogens is 3. The third-order valence-corrected chi connectivity index (χ3v) is 5.57. The zero-order valence-electron chi connectivity index (χ0n) is 16.6. The maximum atomic E-state index is 13.7. The molecule has 1 aliphatic carbocycles. The molecular weight excluding hydrogens is 357 g/mol. The summed E-state index contributed by atoms with van der Waals surface area (Å²) in [6.45, 7) is 6.52. The minimum atomic E-state index is -0.337. The largest absolute Gasteiger partial charge is 0.336 e. The van der Waals surface area contributed by atoms with Gasteiger partial charge >= 0.3 is 0 Å². The fraction of sp³-hybridized carbons (Fsp3) is 0.571. The Morgan fingerprint density at radius 3 is 2.64 bits per heavy atom. The molecule has 2 aromatic rings. The Morgan fingerprint density at radius 1 is 1.25 bits per heavy atom.